The predicted molar refractivity (Wildman–Crippen MR) is 123 cm³/mol. The average molecular weight is 397 g/mol. The molecule has 4 rings (SSSR count). The van der Waals surface area contributed by atoms with Crippen LogP contribution in [0.4, 0.5) is 0 Å². The van der Waals surface area contributed by atoms with Gasteiger partial charge in [0.25, 0.3) is 0 Å². The third-order valence-electron chi connectivity index (χ3n) is 6.18. The van der Waals surface area contributed by atoms with Gasteiger partial charge in [0, 0.05) is 5.41 Å². The summed E-state index contributed by atoms with van der Waals surface area (Å²) in [6, 6.07) is 29.0. The molecule has 0 spiro atoms. The van der Waals surface area contributed by atoms with Crippen LogP contribution in [0, 0.1) is 5.92 Å². The Bertz CT molecular complexity index is 998. The van der Waals surface area contributed by atoms with Crippen molar-refractivity contribution in [2.45, 2.75) is 38.5 Å². The lowest BCUT2D eigenvalue weighted by Gasteiger charge is -2.18. The Morgan fingerprint density at radius 3 is 1.93 bits per heavy atom. The van der Waals surface area contributed by atoms with Gasteiger partial charge < -0.3 is 0 Å². The van der Waals surface area contributed by atoms with Crippen molar-refractivity contribution in [3.8, 4) is 0 Å². The molecule has 0 saturated heterocycles. The Balaban J connectivity index is 1.53. The van der Waals surface area contributed by atoms with Crippen molar-refractivity contribution in [1.82, 2.24) is 5.43 Å². The molecule has 152 valence electrons. The standard InChI is InChI=1S/C27H28N2O/c1-19(2)21-14-16-22(17-15-21)20(3)28-29-26(30)25-18-27(25,23-10-6-4-7-11-23)24-12-8-5-9-13-24/h4-17,19,25H,18H2,1-3H3,(H,29,30)/b28-20-/t25-/m1/s1. The highest BCUT2D eigenvalue weighted by Crippen LogP contribution is 2.58. The molecular weight excluding hydrogens is 368 g/mol. The van der Waals surface area contributed by atoms with Crippen molar-refractivity contribution in [1.29, 1.82) is 0 Å². The van der Waals surface area contributed by atoms with Crippen LogP contribution in [0.3, 0.4) is 0 Å². The van der Waals surface area contributed by atoms with E-state index in [1.54, 1.807) is 0 Å². The van der Waals surface area contributed by atoms with Gasteiger partial charge in [-0.25, -0.2) is 5.43 Å². The summed E-state index contributed by atoms with van der Waals surface area (Å²) in [7, 11) is 0. The molecule has 1 N–H and O–H groups in total. The Kier molecular flexibility index (Phi) is 5.54. The van der Waals surface area contributed by atoms with Gasteiger partial charge in [-0.3, -0.25) is 4.79 Å². The molecule has 1 aliphatic rings. The molecule has 30 heavy (non-hydrogen) atoms. The maximum absolute atomic E-state index is 13.0. The van der Waals surface area contributed by atoms with Gasteiger partial charge in [-0.1, -0.05) is 98.8 Å². The number of hydrazone groups is 1. The number of carbonyl (C=O) groups excluding carboxylic acids is 1. The first-order chi connectivity index (χ1) is 14.5. The summed E-state index contributed by atoms with van der Waals surface area (Å²) in [5.41, 5.74) is 8.04. The van der Waals surface area contributed by atoms with Crippen LogP contribution >= 0.6 is 0 Å². The molecule has 0 aliphatic heterocycles. The van der Waals surface area contributed by atoms with Crippen LogP contribution in [0.15, 0.2) is 90.0 Å². The lowest BCUT2D eigenvalue weighted by Crippen LogP contribution is -2.26. The van der Waals surface area contributed by atoms with Gasteiger partial charge >= 0.3 is 0 Å². The molecular formula is C27H28N2O. The molecule has 3 heteroatoms. The fourth-order valence-corrected chi connectivity index (χ4v) is 4.25. The molecule has 1 atom stereocenters. The number of rotatable bonds is 6. The zero-order valence-electron chi connectivity index (χ0n) is 17.8. The van der Waals surface area contributed by atoms with Gasteiger partial charge in [0.2, 0.25) is 5.91 Å². The highest BCUT2D eigenvalue weighted by molar-refractivity contribution is 5.99. The van der Waals surface area contributed by atoms with E-state index in [-0.39, 0.29) is 17.2 Å². The first kappa shape index (κ1) is 20.1. The molecule has 1 fully saturated rings. The van der Waals surface area contributed by atoms with Gasteiger partial charge in [-0.2, -0.15) is 5.10 Å². The molecule has 0 heterocycles. The van der Waals surface area contributed by atoms with E-state index in [1.165, 1.54) is 16.7 Å². The van der Waals surface area contributed by atoms with E-state index in [1.807, 2.05) is 43.3 Å². The number of hydrogen-bond donors (Lipinski definition) is 1. The molecule has 3 aromatic carbocycles. The highest BCUT2D eigenvalue weighted by atomic mass is 16.2. The van der Waals surface area contributed by atoms with Crippen LogP contribution < -0.4 is 5.43 Å². The molecule has 0 unspecified atom stereocenters. The largest absolute Gasteiger partial charge is 0.273 e. The number of amides is 1. The van der Waals surface area contributed by atoms with E-state index in [9.17, 15) is 4.79 Å². The Morgan fingerprint density at radius 2 is 1.43 bits per heavy atom. The summed E-state index contributed by atoms with van der Waals surface area (Å²) in [5.74, 6) is 0.345. The van der Waals surface area contributed by atoms with Crippen LogP contribution in [0.1, 0.15) is 55.4 Å². The number of hydrogen-bond acceptors (Lipinski definition) is 2. The number of nitrogens with zero attached hydrogens (tertiary/aromatic N) is 1. The molecule has 0 aromatic heterocycles. The third-order valence-corrected chi connectivity index (χ3v) is 6.18. The third kappa shape index (κ3) is 3.80. The topological polar surface area (TPSA) is 41.5 Å². The number of benzene rings is 3. The van der Waals surface area contributed by atoms with Crippen molar-refractivity contribution in [2.75, 3.05) is 0 Å². The van der Waals surface area contributed by atoms with Crippen LogP contribution in [0.2, 0.25) is 0 Å². The van der Waals surface area contributed by atoms with E-state index in [4.69, 9.17) is 0 Å². The zero-order valence-corrected chi connectivity index (χ0v) is 17.8. The molecule has 0 radical (unpaired) electrons. The fourth-order valence-electron chi connectivity index (χ4n) is 4.25. The Labute approximate surface area is 178 Å². The first-order valence-corrected chi connectivity index (χ1v) is 10.6. The quantitative estimate of drug-likeness (QED) is 0.424. The van der Waals surface area contributed by atoms with Gasteiger partial charge in [-0.15, -0.1) is 0 Å². The minimum Gasteiger partial charge on any atom is -0.273 e. The van der Waals surface area contributed by atoms with Crippen LogP contribution in [-0.4, -0.2) is 11.6 Å². The second-order valence-corrected chi connectivity index (χ2v) is 8.41. The Hall–Kier alpha value is -3.20. The maximum atomic E-state index is 13.0. The smallest absolute Gasteiger partial charge is 0.244 e. The molecule has 0 bridgehead atoms. The monoisotopic (exact) mass is 396 g/mol. The van der Waals surface area contributed by atoms with Crippen LogP contribution in [0.25, 0.3) is 0 Å². The van der Waals surface area contributed by atoms with Crippen molar-refractivity contribution in [2.24, 2.45) is 11.0 Å². The lowest BCUT2D eigenvalue weighted by atomic mass is 9.85. The van der Waals surface area contributed by atoms with Crippen molar-refractivity contribution >= 4 is 11.6 Å². The van der Waals surface area contributed by atoms with Crippen LogP contribution in [0.5, 0.6) is 0 Å². The van der Waals surface area contributed by atoms with E-state index < -0.39 is 0 Å². The predicted octanol–water partition coefficient (Wildman–Crippen LogP) is 5.66. The van der Waals surface area contributed by atoms with Gasteiger partial charge in [-0.05, 0) is 41.5 Å². The number of nitrogens with one attached hydrogen (secondary N) is 1. The van der Waals surface area contributed by atoms with E-state index in [0.717, 1.165) is 17.7 Å². The normalized spacial score (nSPS) is 17.6. The minimum atomic E-state index is -0.269. The number of carbonyl (C=O) groups is 1. The summed E-state index contributed by atoms with van der Waals surface area (Å²) in [6.07, 6.45) is 0.796. The molecule has 1 saturated carbocycles. The van der Waals surface area contributed by atoms with Crippen molar-refractivity contribution in [3.63, 3.8) is 0 Å². The van der Waals surface area contributed by atoms with Crippen molar-refractivity contribution in [3.05, 3.63) is 107 Å². The highest BCUT2D eigenvalue weighted by Gasteiger charge is 2.60. The van der Waals surface area contributed by atoms with E-state index in [2.05, 4.69) is 72.9 Å². The first-order valence-electron chi connectivity index (χ1n) is 10.6. The zero-order chi connectivity index (χ0) is 21.1. The molecule has 1 amide bonds. The minimum absolute atomic E-state index is 0.0270. The summed E-state index contributed by atoms with van der Waals surface area (Å²) in [4.78, 5) is 13.0. The Morgan fingerprint density at radius 1 is 0.900 bits per heavy atom. The molecule has 1 aliphatic carbocycles. The lowest BCUT2D eigenvalue weighted by molar-refractivity contribution is -0.122. The molecule has 3 aromatic rings. The summed E-state index contributed by atoms with van der Waals surface area (Å²) < 4.78 is 0. The second kappa shape index (κ2) is 8.27. The van der Waals surface area contributed by atoms with Gasteiger partial charge in [0.05, 0.1) is 11.6 Å². The fraction of sp³-hybridized carbons (Fsp3) is 0.259. The van der Waals surface area contributed by atoms with Gasteiger partial charge in [0.15, 0.2) is 0 Å². The second-order valence-electron chi connectivity index (χ2n) is 8.41. The van der Waals surface area contributed by atoms with Gasteiger partial charge in [0.1, 0.15) is 0 Å². The van der Waals surface area contributed by atoms with Crippen molar-refractivity contribution < 1.29 is 4.79 Å². The summed E-state index contributed by atoms with van der Waals surface area (Å²) >= 11 is 0. The average Bonchev–Trinajstić information content (AvgIpc) is 3.56. The van der Waals surface area contributed by atoms with Crippen LogP contribution in [-0.2, 0) is 10.2 Å². The summed E-state index contributed by atoms with van der Waals surface area (Å²) in [5, 5.41) is 4.40. The molecule has 3 nitrogen and oxygen atoms in total. The maximum Gasteiger partial charge on any atom is 0.244 e. The van der Waals surface area contributed by atoms with E-state index >= 15 is 0 Å². The summed E-state index contributed by atoms with van der Waals surface area (Å²) in [6.45, 7) is 6.29. The van der Waals surface area contributed by atoms with E-state index in [0.29, 0.717) is 5.92 Å². The SMILES string of the molecule is C/C(=N/NC(=O)[C@H]1CC1(c1ccccc1)c1ccccc1)c1ccc(C(C)C)cc1.